The van der Waals surface area contributed by atoms with Crippen LogP contribution >= 0.6 is 22.7 Å². The maximum absolute atomic E-state index is 4.73. The van der Waals surface area contributed by atoms with E-state index < -0.39 is 0 Å². The van der Waals surface area contributed by atoms with Gasteiger partial charge in [-0.05, 0) is 20.8 Å². The van der Waals surface area contributed by atoms with Crippen molar-refractivity contribution in [3.8, 4) is 10.6 Å². The molecule has 1 unspecified atom stereocenters. The van der Waals surface area contributed by atoms with Gasteiger partial charge in [-0.2, -0.15) is 0 Å². The van der Waals surface area contributed by atoms with Gasteiger partial charge in [0.15, 0.2) is 0 Å². The fraction of sp³-hybridized carbons (Fsp3) is 0.294. The minimum atomic E-state index is 0.289. The summed E-state index contributed by atoms with van der Waals surface area (Å²) in [5, 5.41) is 5.78. The molecule has 22 heavy (non-hydrogen) atoms. The van der Waals surface area contributed by atoms with Crippen LogP contribution in [0.5, 0.6) is 0 Å². The Morgan fingerprint density at radius 2 is 1.91 bits per heavy atom. The van der Waals surface area contributed by atoms with Crippen LogP contribution in [-0.2, 0) is 6.54 Å². The average Bonchev–Trinajstić information content (AvgIpc) is 3.12. The van der Waals surface area contributed by atoms with Crippen LogP contribution < -0.4 is 5.32 Å². The zero-order valence-corrected chi connectivity index (χ0v) is 14.6. The highest BCUT2D eigenvalue weighted by Gasteiger charge is 2.15. The third-order valence-electron chi connectivity index (χ3n) is 3.50. The van der Waals surface area contributed by atoms with Crippen molar-refractivity contribution < 1.29 is 0 Å². The summed E-state index contributed by atoms with van der Waals surface area (Å²) in [7, 11) is 0. The quantitative estimate of drug-likeness (QED) is 0.735. The lowest BCUT2D eigenvalue weighted by molar-refractivity contribution is 0.583. The number of nitrogens with one attached hydrogen (secondary N) is 1. The number of hydrogen-bond acceptors (Lipinski definition) is 5. The molecule has 3 rings (SSSR count). The fourth-order valence-corrected chi connectivity index (χ4v) is 4.19. The Labute approximate surface area is 139 Å². The molecule has 1 aromatic carbocycles. The van der Waals surface area contributed by atoms with Crippen LogP contribution in [0, 0.1) is 13.8 Å². The van der Waals surface area contributed by atoms with Crippen LogP contribution in [0.25, 0.3) is 10.6 Å². The first-order chi connectivity index (χ1) is 10.6. The number of hydrogen-bond donors (Lipinski definition) is 1. The molecule has 0 amide bonds. The lowest BCUT2D eigenvalue weighted by atomic mass is 10.2. The van der Waals surface area contributed by atoms with E-state index in [9.17, 15) is 0 Å². The van der Waals surface area contributed by atoms with E-state index in [0.29, 0.717) is 0 Å². The van der Waals surface area contributed by atoms with Crippen molar-refractivity contribution in [3.05, 3.63) is 57.0 Å². The van der Waals surface area contributed by atoms with Crippen LogP contribution in [0.1, 0.15) is 33.4 Å². The maximum Gasteiger partial charge on any atom is 0.123 e. The second kappa shape index (κ2) is 6.69. The highest BCUT2D eigenvalue weighted by atomic mass is 32.1. The minimum absolute atomic E-state index is 0.289. The molecule has 1 N–H and O–H groups in total. The van der Waals surface area contributed by atoms with E-state index in [1.807, 2.05) is 19.2 Å². The van der Waals surface area contributed by atoms with Gasteiger partial charge in [-0.1, -0.05) is 30.3 Å². The van der Waals surface area contributed by atoms with Crippen LogP contribution in [-0.4, -0.2) is 9.97 Å². The maximum atomic E-state index is 4.73. The molecule has 3 aromatic rings. The second-order valence-electron chi connectivity index (χ2n) is 5.28. The second-order valence-corrected chi connectivity index (χ2v) is 7.63. The number of thiazole rings is 2. The number of rotatable bonds is 5. The molecule has 2 aromatic heterocycles. The first-order valence-electron chi connectivity index (χ1n) is 7.31. The third kappa shape index (κ3) is 3.43. The zero-order chi connectivity index (χ0) is 15.5. The number of nitrogens with zero attached hydrogens (tertiary/aromatic N) is 2. The van der Waals surface area contributed by atoms with Gasteiger partial charge < -0.3 is 5.32 Å². The number of aromatic nitrogens is 2. The van der Waals surface area contributed by atoms with Gasteiger partial charge in [-0.3, -0.25) is 0 Å². The minimum Gasteiger partial charge on any atom is -0.304 e. The van der Waals surface area contributed by atoms with Gasteiger partial charge in [-0.25, -0.2) is 9.97 Å². The SMILES string of the molecule is Cc1ncc(CNC(C)c2sc(-c3ccccc3)nc2C)s1. The molecule has 1 atom stereocenters. The van der Waals surface area contributed by atoms with Crippen molar-refractivity contribution in [3.63, 3.8) is 0 Å². The van der Waals surface area contributed by atoms with E-state index in [-0.39, 0.29) is 6.04 Å². The molecule has 114 valence electrons. The third-order valence-corrected chi connectivity index (χ3v) is 5.80. The first kappa shape index (κ1) is 15.3. The normalized spacial score (nSPS) is 12.5. The van der Waals surface area contributed by atoms with Gasteiger partial charge in [-0.15, -0.1) is 22.7 Å². The molecular formula is C17H19N3S2. The van der Waals surface area contributed by atoms with Crippen molar-refractivity contribution in [1.29, 1.82) is 0 Å². The summed E-state index contributed by atoms with van der Waals surface area (Å²) >= 11 is 3.52. The smallest absolute Gasteiger partial charge is 0.123 e. The summed E-state index contributed by atoms with van der Waals surface area (Å²) in [5.41, 5.74) is 2.30. The van der Waals surface area contributed by atoms with Crippen molar-refractivity contribution in [2.24, 2.45) is 0 Å². The van der Waals surface area contributed by atoms with Crippen molar-refractivity contribution in [2.45, 2.75) is 33.4 Å². The molecule has 3 nitrogen and oxygen atoms in total. The monoisotopic (exact) mass is 329 g/mol. The van der Waals surface area contributed by atoms with E-state index in [1.54, 1.807) is 22.7 Å². The summed E-state index contributed by atoms with van der Waals surface area (Å²) in [6.45, 7) is 7.18. The summed E-state index contributed by atoms with van der Waals surface area (Å²) in [6, 6.07) is 10.7. The number of aryl methyl sites for hydroxylation is 2. The molecule has 0 saturated heterocycles. The average molecular weight is 329 g/mol. The van der Waals surface area contributed by atoms with Gasteiger partial charge in [0.2, 0.25) is 0 Å². The molecule has 0 fully saturated rings. The molecule has 0 aliphatic carbocycles. The lowest BCUT2D eigenvalue weighted by Gasteiger charge is -2.11. The van der Waals surface area contributed by atoms with Crippen LogP contribution in [0.15, 0.2) is 36.5 Å². The topological polar surface area (TPSA) is 37.8 Å². The summed E-state index contributed by atoms with van der Waals surface area (Å²) in [6.07, 6.45) is 1.95. The molecule has 0 bridgehead atoms. The van der Waals surface area contributed by atoms with E-state index in [4.69, 9.17) is 4.98 Å². The predicted molar refractivity (Wildman–Crippen MR) is 94.4 cm³/mol. The predicted octanol–water partition coefficient (Wildman–Crippen LogP) is 4.73. The van der Waals surface area contributed by atoms with Crippen LogP contribution in [0.3, 0.4) is 0 Å². The van der Waals surface area contributed by atoms with Gasteiger partial charge >= 0.3 is 0 Å². The summed E-state index contributed by atoms with van der Waals surface area (Å²) in [5.74, 6) is 0. The van der Waals surface area contributed by atoms with E-state index in [0.717, 1.165) is 22.3 Å². The Bertz CT molecular complexity index is 746. The highest BCUT2D eigenvalue weighted by Crippen LogP contribution is 2.31. The standard InChI is InChI=1S/C17H19N3S2/c1-11(18-9-15-10-19-13(3)21-15)16-12(2)20-17(22-16)14-7-5-4-6-8-14/h4-8,10-11,18H,9H2,1-3H3. The van der Waals surface area contributed by atoms with Gasteiger partial charge in [0.05, 0.1) is 10.7 Å². The molecule has 0 saturated carbocycles. The molecule has 0 aliphatic heterocycles. The molecule has 0 radical (unpaired) electrons. The highest BCUT2D eigenvalue weighted by molar-refractivity contribution is 7.15. The molecule has 5 heteroatoms. The van der Waals surface area contributed by atoms with Crippen molar-refractivity contribution in [2.75, 3.05) is 0 Å². The number of benzene rings is 1. The van der Waals surface area contributed by atoms with Gasteiger partial charge in [0.1, 0.15) is 5.01 Å². The largest absolute Gasteiger partial charge is 0.304 e. The lowest BCUT2D eigenvalue weighted by Crippen LogP contribution is -2.17. The van der Waals surface area contributed by atoms with Crippen LogP contribution in [0.4, 0.5) is 0 Å². The van der Waals surface area contributed by atoms with Gasteiger partial charge in [0.25, 0.3) is 0 Å². The van der Waals surface area contributed by atoms with Gasteiger partial charge in [0, 0.05) is 34.1 Å². The fourth-order valence-electron chi connectivity index (χ4n) is 2.35. The van der Waals surface area contributed by atoms with Crippen molar-refractivity contribution in [1.82, 2.24) is 15.3 Å². The molecule has 0 spiro atoms. The van der Waals surface area contributed by atoms with Crippen molar-refractivity contribution >= 4 is 22.7 Å². The molecular weight excluding hydrogens is 310 g/mol. The summed E-state index contributed by atoms with van der Waals surface area (Å²) in [4.78, 5) is 11.6. The van der Waals surface area contributed by atoms with Crippen LogP contribution in [0.2, 0.25) is 0 Å². The van der Waals surface area contributed by atoms with E-state index in [1.165, 1.54) is 15.3 Å². The van der Waals surface area contributed by atoms with E-state index in [2.05, 4.69) is 48.4 Å². The Morgan fingerprint density at radius 1 is 1.14 bits per heavy atom. The molecule has 0 aliphatic rings. The first-order valence-corrected chi connectivity index (χ1v) is 8.94. The zero-order valence-electron chi connectivity index (χ0n) is 13.0. The molecule has 2 heterocycles. The Morgan fingerprint density at radius 3 is 2.59 bits per heavy atom. The Balaban J connectivity index is 1.72. The Kier molecular flexibility index (Phi) is 4.66. The van der Waals surface area contributed by atoms with E-state index >= 15 is 0 Å². The Hall–Kier alpha value is -1.56. The summed E-state index contributed by atoms with van der Waals surface area (Å²) < 4.78 is 0.